The maximum atomic E-state index is 11.7. The molecular formula is C12H18NO9+. The molecule has 0 spiro atoms. The summed E-state index contributed by atoms with van der Waals surface area (Å²) in [7, 11) is 0. The van der Waals surface area contributed by atoms with Crippen LogP contribution in [0.25, 0.3) is 0 Å². The van der Waals surface area contributed by atoms with Gasteiger partial charge in [-0.25, -0.2) is 19.2 Å². The molecule has 10 nitrogen and oxygen atoms in total. The molecule has 0 bridgehead atoms. The number of hydrogen-bond donors (Lipinski definition) is 5. The van der Waals surface area contributed by atoms with Crippen molar-refractivity contribution >= 4 is 23.9 Å². The van der Waals surface area contributed by atoms with Crippen LogP contribution in [0.15, 0.2) is 0 Å². The van der Waals surface area contributed by atoms with Crippen molar-refractivity contribution < 1.29 is 49.2 Å². The SMILES string of the molecule is O=C(O)C[N+](CC(=O)O)(CC(=O)O)C1(C(=O)O)CC1CCO. The molecule has 124 valence electrons. The van der Waals surface area contributed by atoms with Crippen molar-refractivity contribution in [2.24, 2.45) is 5.92 Å². The van der Waals surface area contributed by atoms with E-state index in [1.165, 1.54) is 0 Å². The van der Waals surface area contributed by atoms with Crippen LogP contribution < -0.4 is 0 Å². The van der Waals surface area contributed by atoms with E-state index in [1.807, 2.05) is 0 Å². The summed E-state index contributed by atoms with van der Waals surface area (Å²) in [4.78, 5) is 45.0. The number of rotatable bonds is 10. The zero-order chi connectivity index (χ0) is 17.1. The number of nitrogens with zero attached hydrogens (tertiary/aromatic N) is 1. The highest BCUT2D eigenvalue weighted by Crippen LogP contribution is 2.54. The van der Waals surface area contributed by atoms with Gasteiger partial charge in [0, 0.05) is 18.9 Å². The van der Waals surface area contributed by atoms with Crippen LogP contribution in [0.5, 0.6) is 0 Å². The van der Waals surface area contributed by atoms with Crippen molar-refractivity contribution in [3.8, 4) is 0 Å². The minimum Gasteiger partial charge on any atom is -0.477 e. The van der Waals surface area contributed by atoms with Crippen molar-refractivity contribution in [3.05, 3.63) is 0 Å². The normalized spacial score (nSPS) is 23.8. The Hall–Kier alpha value is -2.20. The lowest BCUT2D eigenvalue weighted by atomic mass is 10.0. The summed E-state index contributed by atoms with van der Waals surface area (Å²) in [5.74, 6) is -6.59. The number of aliphatic hydroxyl groups is 1. The van der Waals surface area contributed by atoms with Crippen molar-refractivity contribution in [1.29, 1.82) is 0 Å². The molecule has 1 saturated carbocycles. The molecule has 10 heteroatoms. The molecule has 22 heavy (non-hydrogen) atoms. The summed E-state index contributed by atoms with van der Waals surface area (Å²) < 4.78 is -1.12. The number of aliphatic hydroxyl groups excluding tert-OH is 1. The molecule has 1 rings (SSSR count). The van der Waals surface area contributed by atoms with Crippen molar-refractivity contribution in [2.45, 2.75) is 18.4 Å². The first-order chi connectivity index (χ1) is 10.1. The Morgan fingerprint density at radius 2 is 1.32 bits per heavy atom. The number of carboxylic acid groups (broad SMARTS) is 4. The minimum atomic E-state index is -1.82. The molecule has 2 atom stereocenters. The minimum absolute atomic E-state index is 0.0329. The summed E-state index contributed by atoms with van der Waals surface area (Å²) in [5, 5.41) is 45.5. The second-order valence-corrected chi connectivity index (χ2v) is 5.44. The first-order valence-electron chi connectivity index (χ1n) is 6.47. The lowest BCUT2D eigenvalue weighted by molar-refractivity contribution is -0.935. The van der Waals surface area contributed by atoms with E-state index in [0.717, 1.165) is 0 Å². The molecule has 0 radical (unpaired) electrons. The zero-order valence-corrected chi connectivity index (χ0v) is 11.6. The van der Waals surface area contributed by atoms with E-state index >= 15 is 0 Å². The van der Waals surface area contributed by atoms with Crippen molar-refractivity contribution in [2.75, 3.05) is 26.2 Å². The van der Waals surface area contributed by atoms with Crippen LogP contribution >= 0.6 is 0 Å². The maximum Gasteiger partial charge on any atom is 0.366 e. The van der Waals surface area contributed by atoms with E-state index in [0.29, 0.717) is 0 Å². The van der Waals surface area contributed by atoms with Crippen LogP contribution in [0, 0.1) is 5.92 Å². The van der Waals surface area contributed by atoms with E-state index in [-0.39, 0.29) is 19.4 Å². The Morgan fingerprint density at radius 3 is 1.59 bits per heavy atom. The lowest BCUT2D eigenvalue weighted by Gasteiger charge is -2.40. The number of carbonyl (C=O) groups is 4. The Bertz CT molecular complexity index is 462. The lowest BCUT2D eigenvalue weighted by Crippen LogP contribution is -2.67. The fourth-order valence-corrected chi connectivity index (χ4v) is 3.23. The second-order valence-electron chi connectivity index (χ2n) is 5.44. The molecule has 5 N–H and O–H groups in total. The van der Waals surface area contributed by atoms with E-state index in [1.54, 1.807) is 0 Å². The van der Waals surface area contributed by atoms with Crippen molar-refractivity contribution in [1.82, 2.24) is 0 Å². The van der Waals surface area contributed by atoms with Gasteiger partial charge >= 0.3 is 23.9 Å². The highest BCUT2D eigenvalue weighted by molar-refractivity contribution is 5.84. The van der Waals surface area contributed by atoms with Gasteiger partial charge in [0.1, 0.15) is 0 Å². The van der Waals surface area contributed by atoms with Crippen molar-refractivity contribution in [3.63, 3.8) is 0 Å². The third-order valence-electron chi connectivity index (χ3n) is 4.08. The molecule has 0 saturated heterocycles. The summed E-state index contributed by atoms with van der Waals surface area (Å²) in [5.41, 5.74) is -1.82. The molecule has 1 aliphatic carbocycles. The fraction of sp³-hybridized carbons (Fsp3) is 0.667. The average molecular weight is 320 g/mol. The van der Waals surface area contributed by atoms with Crippen LogP contribution in [0.3, 0.4) is 0 Å². The highest BCUT2D eigenvalue weighted by atomic mass is 16.4. The first-order valence-corrected chi connectivity index (χ1v) is 6.47. The number of quaternary nitrogens is 1. The van der Waals surface area contributed by atoms with Gasteiger partial charge in [0.25, 0.3) is 0 Å². The van der Waals surface area contributed by atoms with E-state index < -0.39 is 59.5 Å². The Labute approximate surface area is 124 Å². The summed E-state index contributed by atoms with van der Waals surface area (Å²) >= 11 is 0. The van der Waals surface area contributed by atoms with Gasteiger partial charge in [0.05, 0.1) is 0 Å². The average Bonchev–Trinajstić information content (AvgIpc) is 3.02. The number of carboxylic acids is 4. The highest BCUT2D eigenvalue weighted by Gasteiger charge is 2.74. The molecule has 1 aliphatic rings. The van der Waals surface area contributed by atoms with Gasteiger partial charge in [-0.15, -0.1) is 0 Å². The molecule has 0 amide bonds. The molecule has 0 aliphatic heterocycles. The first kappa shape index (κ1) is 17.9. The second kappa shape index (κ2) is 6.28. The van der Waals surface area contributed by atoms with E-state index in [4.69, 9.17) is 20.4 Å². The topological polar surface area (TPSA) is 169 Å². The Balaban J connectivity index is 3.37. The van der Waals surface area contributed by atoms with Gasteiger partial charge in [-0.2, -0.15) is 0 Å². The van der Waals surface area contributed by atoms with Crippen LogP contribution in [0.2, 0.25) is 0 Å². The monoisotopic (exact) mass is 320 g/mol. The summed E-state index contributed by atoms with van der Waals surface area (Å²) in [6.45, 7) is -3.17. The molecule has 0 aromatic heterocycles. The number of aliphatic carboxylic acids is 4. The third kappa shape index (κ3) is 3.17. The largest absolute Gasteiger partial charge is 0.477 e. The standard InChI is InChI=1S/C12H17NO9/c14-2-1-7-3-12(7,11(21)22)13(4-8(15)16,5-9(17)18)6-10(19)20/h7,14H,1-6H2,(H3-,15,16,17,18,19,20,21,22)/p+1. The molecule has 0 aromatic rings. The number of hydrogen-bond acceptors (Lipinski definition) is 5. The smallest absolute Gasteiger partial charge is 0.366 e. The van der Waals surface area contributed by atoms with Gasteiger partial charge in [-0.3, -0.25) is 4.48 Å². The van der Waals surface area contributed by atoms with Crippen LogP contribution in [0.1, 0.15) is 12.8 Å². The Morgan fingerprint density at radius 1 is 0.909 bits per heavy atom. The van der Waals surface area contributed by atoms with Crippen LogP contribution in [0.4, 0.5) is 0 Å². The summed E-state index contributed by atoms with van der Waals surface area (Å²) in [6.07, 6.45) is -0.0398. The van der Waals surface area contributed by atoms with E-state index in [2.05, 4.69) is 0 Å². The quantitative estimate of drug-likeness (QED) is 0.294. The van der Waals surface area contributed by atoms with Crippen LogP contribution in [-0.4, -0.2) is 85.7 Å². The van der Waals surface area contributed by atoms with Gasteiger partial charge in [-0.05, 0) is 6.42 Å². The molecule has 0 heterocycles. The van der Waals surface area contributed by atoms with Gasteiger partial charge in [0.15, 0.2) is 19.6 Å². The predicted molar refractivity (Wildman–Crippen MR) is 67.9 cm³/mol. The van der Waals surface area contributed by atoms with Gasteiger partial charge in [-0.1, -0.05) is 0 Å². The Kier molecular flexibility index (Phi) is 5.09. The predicted octanol–water partition coefficient (Wildman–Crippen LogP) is -1.72. The van der Waals surface area contributed by atoms with Gasteiger partial charge < -0.3 is 25.5 Å². The molecule has 2 unspecified atom stereocenters. The van der Waals surface area contributed by atoms with Gasteiger partial charge in [0.2, 0.25) is 5.54 Å². The summed E-state index contributed by atoms with van der Waals surface area (Å²) in [6, 6.07) is 0. The van der Waals surface area contributed by atoms with Crippen LogP contribution in [-0.2, 0) is 19.2 Å². The zero-order valence-electron chi connectivity index (χ0n) is 11.6. The molecular weight excluding hydrogens is 302 g/mol. The van der Waals surface area contributed by atoms with E-state index in [9.17, 15) is 24.3 Å². The molecule has 0 aromatic carbocycles. The fourth-order valence-electron chi connectivity index (χ4n) is 3.23. The third-order valence-corrected chi connectivity index (χ3v) is 4.08. The maximum absolute atomic E-state index is 11.7. The molecule has 1 fully saturated rings.